The first-order valence-electron chi connectivity index (χ1n) is 4.46. The van der Waals surface area contributed by atoms with Gasteiger partial charge in [0.2, 0.25) is 0 Å². The molecule has 1 aliphatic rings. The molecule has 0 amide bonds. The lowest BCUT2D eigenvalue weighted by Crippen LogP contribution is -2.49. The van der Waals surface area contributed by atoms with Crippen LogP contribution < -0.4 is 0 Å². The van der Waals surface area contributed by atoms with Gasteiger partial charge in [-0.05, 0) is 20.8 Å². The Labute approximate surface area is 86.4 Å². The maximum absolute atomic E-state index is 11.5. The molecule has 0 bridgehead atoms. The molecule has 0 aromatic carbocycles. The molecule has 0 saturated heterocycles. The Morgan fingerprint density at radius 3 is 2.27 bits per heavy atom. The Kier molecular flexibility index (Phi) is 2.53. The van der Waals surface area contributed by atoms with Gasteiger partial charge in [0.25, 0.3) is 0 Å². The lowest BCUT2D eigenvalue weighted by Gasteiger charge is -2.30. The number of carbonyl (C=O) groups is 3. The number of Topliss-reactive ketones (excluding diaryl/α,β-unsaturated/α-hetero) is 3. The number of hydrogen-bond acceptors (Lipinski definition) is 5. The monoisotopic (exact) mass is 212 g/mol. The molecule has 0 spiro atoms. The maximum atomic E-state index is 11.5. The van der Waals surface area contributed by atoms with Crippen molar-refractivity contribution in [2.24, 2.45) is 5.92 Å². The molecule has 5 heteroatoms. The Balaban J connectivity index is 3.47. The maximum Gasteiger partial charge on any atom is 0.182 e. The highest BCUT2D eigenvalue weighted by molar-refractivity contribution is 6.28. The quantitative estimate of drug-likeness (QED) is 0.468. The van der Waals surface area contributed by atoms with Crippen molar-refractivity contribution < 1.29 is 24.6 Å². The number of aliphatic hydroxyl groups is 2. The van der Waals surface area contributed by atoms with Crippen molar-refractivity contribution in [2.75, 3.05) is 0 Å². The van der Waals surface area contributed by atoms with Gasteiger partial charge in [0.15, 0.2) is 23.0 Å². The zero-order valence-electron chi connectivity index (χ0n) is 8.70. The van der Waals surface area contributed by atoms with Crippen LogP contribution in [-0.2, 0) is 14.4 Å². The number of aliphatic hydroxyl groups excluding tert-OH is 1. The third-order valence-corrected chi connectivity index (χ3v) is 2.56. The first-order chi connectivity index (χ1) is 6.71. The fraction of sp³-hybridized carbons (Fsp3) is 0.500. The van der Waals surface area contributed by atoms with Gasteiger partial charge in [-0.15, -0.1) is 0 Å². The molecule has 0 aromatic rings. The molecule has 1 rings (SSSR count). The predicted molar refractivity (Wildman–Crippen MR) is 50.1 cm³/mol. The SMILES string of the molecule is CC(=O)C1=C(O)C(C)(O)C(=O)C(C)C1=O. The minimum Gasteiger partial charge on any atom is -0.508 e. The molecule has 2 atom stereocenters. The summed E-state index contributed by atoms with van der Waals surface area (Å²) in [6, 6.07) is 0. The lowest BCUT2D eigenvalue weighted by molar-refractivity contribution is -0.145. The second-order valence-electron chi connectivity index (χ2n) is 3.80. The minimum atomic E-state index is -2.14. The van der Waals surface area contributed by atoms with Gasteiger partial charge in [0, 0.05) is 0 Å². The van der Waals surface area contributed by atoms with Gasteiger partial charge in [-0.3, -0.25) is 14.4 Å². The van der Waals surface area contributed by atoms with Gasteiger partial charge >= 0.3 is 0 Å². The van der Waals surface area contributed by atoms with E-state index < -0.39 is 40.2 Å². The molecule has 1 aliphatic carbocycles. The van der Waals surface area contributed by atoms with E-state index in [-0.39, 0.29) is 0 Å². The first kappa shape index (κ1) is 11.6. The number of rotatable bonds is 1. The molecule has 15 heavy (non-hydrogen) atoms. The average molecular weight is 212 g/mol. The van der Waals surface area contributed by atoms with E-state index in [4.69, 9.17) is 0 Å². The molecule has 2 unspecified atom stereocenters. The molecular formula is C10H12O5. The Bertz CT molecular complexity index is 389. The van der Waals surface area contributed by atoms with Crippen LogP contribution in [0, 0.1) is 5.92 Å². The molecule has 82 valence electrons. The number of allylic oxidation sites excluding steroid dienone is 1. The summed E-state index contributed by atoms with van der Waals surface area (Å²) < 4.78 is 0. The van der Waals surface area contributed by atoms with Gasteiger partial charge in [0.1, 0.15) is 11.3 Å². The lowest BCUT2D eigenvalue weighted by atomic mass is 9.76. The van der Waals surface area contributed by atoms with Crippen LogP contribution in [0.3, 0.4) is 0 Å². The van der Waals surface area contributed by atoms with Crippen molar-refractivity contribution in [3.63, 3.8) is 0 Å². The fourth-order valence-corrected chi connectivity index (χ4v) is 1.57. The van der Waals surface area contributed by atoms with Crippen molar-refractivity contribution in [3.8, 4) is 0 Å². The van der Waals surface area contributed by atoms with Crippen LogP contribution in [0.4, 0.5) is 0 Å². The summed E-state index contributed by atoms with van der Waals surface area (Å²) in [6.07, 6.45) is 0. The van der Waals surface area contributed by atoms with Crippen molar-refractivity contribution in [1.82, 2.24) is 0 Å². The van der Waals surface area contributed by atoms with E-state index in [1.54, 1.807) is 0 Å². The number of ketones is 3. The van der Waals surface area contributed by atoms with Crippen LogP contribution in [0.5, 0.6) is 0 Å². The van der Waals surface area contributed by atoms with Crippen LogP contribution in [0.15, 0.2) is 11.3 Å². The molecule has 0 saturated carbocycles. The third-order valence-electron chi connectivity index (χ3n) is 2.56. The van der Waals surface area contributed by atoms with E-state index >= 15 is 0 Å². The number of hydrogen-bond donors (Lipinski definition) is 2. The van der Waals surface area contributed by atoms with E-state index in [1.165, 1.54) is 6.92 Å². The fourth-order valence-electron chi connectivity index (χ4n) is 1.57. The molecule has 0 heterocycles. The largest absolute Gasteiger partial charge is 0.508 e. The van der Waals surface area contributed by atoms with E-state index in [0.29, 0.717) is 0 Å². The van der Waals surface area contributed by atoms with E-state index in [2.05, 4.69) is 0 Å². The van der Waals surface area contributed by atoms with Crippen LogP contribution in [0.1, 0.15) is 20.8 Å². The first-order valence-corrected chi connectivity index (χ1v) is 4.46. The highest BCUT2D eigenvalue weighted by Crippen LogP contribution is 2.30. The van der Waals surface area contributed by atoms with Gasteiger partial charge < -0.3 is 10.2 Å². The summed E-state index contributed by atoms with van der Waals surface area (Å²) >= 11 is 0. The molecular weight excluding hydrogens is 200 g/mol. The Morgan fingerprint density at radius 1 is 1.40 bits per heavy atom. The highest BCUT2D eigenvalue weighted by Gasteiger charge is 2.49. The molecule has 0 aliphatic heterocycles. The molecule has 0 fully saturated rings. The van der Waals surface area contributed by atoms with Crippen LogP contribution in [-0.4, -0.2) is 33.2 Å². The smallest absolute Gasteiger partial charge is 0.182 e. The van der Waals surface area contributed by atoms with Crippen molar-refractivity contribution in [1.29, 1.82) is 0 Å². The Hall–Kier alpha value is -1.49. The van der Waals surface area contributed by atoms with Crippen LogP contribution >= 0.6 is 0 Å². The normalized spacial score (nSPS) is 32.1. The topological polar surface area (TPSA) is 91.7 Å². The molecule has 0 aromatic heterocycles. The van der Waals surface area contributed by atoms with Crippen molar-refractivity contribution >= 4 is 17.3 Å². The molecule has 0 radical (unpaired) electrons. The minimum absolute atomic E-state index is 0.480. The summed E-state index contributed by atoms with van der Waals surface area (Å²) in [5.74, 6) is -4.14. The number of carbonyl (C=O) groups excluding carboxylic acids is 3. The van der Waals surface area contributed by atoms with Crippen molar-refractivity contribution in [2.45, 2.75) is 26.4 Å². The summed E-state index contributed by atoms with van der Waals surface area (Å²) in [5.41, 5.74) is -2.62. The van der Waals surface area contributed by atoms with E-state index in [0.717, 1.165) is 13.8 Å². The molecule has 5 nitrogen and oxygen atoms in total. The standard InChI is InChI=1S/C10H12O5/c1-4-7(12)6(5(2)11)9(14)10(3,15)8(4)13/h4,14-15H,1-3H3. The second-order valence-corrected chi connectivity index (χ2v) is 3.80. The highest BCUT2D eigenvalue weighted by atomic mass is 16.3. The zero-order valence-corrected chi connectivity index (χ0v) is 8.70. The third kappa shape index (κ3) is 1.48. The van der Waals surface area contributed by atoms with Gasteiger partial charge in [-0.25, -0.2) is 0 Å². The predicted octanol–water partition coefficient (Wildman–Crippen LogP) is -0.0736. The molecule has 2 N–H and O–H groups in total. The summed E-state index contributed by atoms with van der Waals surface area (Å²) in [6.45, 7) is 3.47. The van der Waals surface area contributed by atoms with E-state index in [9.17, 15) is 24.6 Å². The van der Waals surface area contributed by atoms with Gasteiger partial charge in [-0.2, -0.15) is 0 Å². The van der Waals surface area contributed by atoms with Crippen molar-refractivity contribution in [3.05, 3.63) is 11.3 Å². The van der Waals surface area contributed by atoms with Crippen LogP contribution in [0.25, 0.3) is 0 Å². The summed E-state index contributed by atoms with van der Waals surface area (Å²) in [7, 11) is 0. The van der Waals surface area contributed by atoms with Crippen LogP contribution in [0.2, 0.25) is 0 Å². The van der Waals surface area contributed by atoms with Gasteiger partial charge in [0.05, 0.1) is 5.92 Å². The summed E-state index contributed by atoms with van der Waals surface area (Å²) in [5, 5.41) is 19.2. The zero-order chi connectivity index (χ0) is 12.0. The average Bonchev–Trinajstić information content (AvgIpc) is 2.12. The van der Waals surface area contributed by atoms with E-state index in [1.807, 2.05) is 0 Å². The Morgan fingerprint density at radius 2 is 1.87 bits per heavy atom. The second kappa shape index (κ2) is 3.27. The summed E-state index contributed by atoms with van der Waals surface area (Å²) in [4.78, 5) is 34.1. The van der Waals surface area contributed by atoms with Gasteiger partial charge in [-0.1, -0.05) is 0 Å².